The van der Waals surface area contributed by atoms with Gasteiger partial charge in [-0.25, -0.2) is 22.9 Å². The summed E-state index contributed by atoms with van der Waals surface area (Å²) in [4.78, 5) is 14.5. The molecule has 0 radical (unpaired) electrons. The third-order valence-corrected chi connectivity index (χ3v) is 6.37. The topological polar surface area (TPSA) is 96.4 Å². The molecule has 0 amide bonds. The quantitative estimate of drug-likeness (QED) is 0.750. The van der Waals surface area contributed by atoms with Crippen molar-refractivity contribution in [1.82, 2.24) is 9.71 Å². The lowest BCUT2D eigenvalue weighted by Gasteiger charge is -2.09. The summed E-state index contributed by atoms with van der Waals surface area (Å²) < 4.78 is 26.3. The normalized spacial score (nSPS) is 16.6. The van der Waals surface area contributed by atoms with E-state index in [9.17, 15) is 13.2 Å². The lowest BCUT2D eigenvalue weighted by molar-refractivity contribution is 0.0687. The predicted molar refractivity (Wildman–Crippen MR) is 75.5 cm³/mol. The molecule has 1 fully saturated rings. The Morgan fingerprint density at radius 2 is 2.15 bits per heavy atom. The fraction of sp³-hybridized carbons (Fsp3) is 0.667. The van der Waals surface area contributed by atoms with Crippen molar-refractivity contribution in [1.29, 1.82) is 0 Å². The van der Waals surface area contributed by atoms with E-state index in [1.54, 1.807) is 0 Å². The van der Waals surface area contributed by atoms with E-state index in [0.717, 1.165) is 30.1 Å². The summed E-state index contributed by atoms with van der Waals surface area (Å²) in [6.45, 7) is 0.343. The molecule has 2 rings (SSSR count). The molecule has 0 aliphatic heterocycles. The van der Waals surface area contributed by atoms with Crippen molar-refractivity contribution in [3.05, 3.63) is 11.2 Å². The predicted octanol–water partition coefficient (Wildman–Crippen LogP) is 2.09. The average Bonchev–Trinajstić information content (AvgIpc) is 3.05. The van der Waals surface area contributed by atoms with Crippen LogP contribution >= 0.6 is 11.3 Å². The Morgan fingerprint density at radius 1 is 1.45 bits per heavy atom. The molecule has 0 aromatic carbocycles. The highest BCUT2D eigenvalue weighted by Gasteiger charge is 2.25. The minimum absolute atomic E-state index is 0.217. The summed E-state index contributed by atoms with van der Waals surface area (Å²) in [5.41, 5.74) is 0.828. The van der Waals surface area contributed by atoms with Gasteiger partial charge in [-0.15, -0.1) is 11.3 Å². The molecule has 6 nitrogen and oxygen atoms in total. The van der Waals surface area contributed by atoms with Gasteiger partial charge in [0, 0.05) is 6.54 Å². The fourth-order valence-electron chi connectivity index (χ4n) is 2.53. The van der Waals surface area contributed by atoms with Gasteiger partial charge in [0.25, 0.3) is 10.0 Å². The van der Waals surface area contributed by atoms with E-state index < -0.39 is 21.7 Å². The lowest BCUT2D eigenvalue weighted by atomic mass is 10.0. The van der Waals surface area contributed by atoms with Gasteiger partial charge >= 0.3 is 5.97 Å². The molecule has 20 heavy (non-hydrogen) atoms. The highest BCUT2D eigenvalue weighted by atomic mass is 32.2. The van der Waals surface area contributed by atoms with Crippen LogP contribution in [0.3, 0.4) is 0 Å². The molecule has 0 saturated heterocycles. The second kappa shape index (κ2) is 6.64. The van der Waals surface area contributed by atoms with Crippen LogP contribution in [0.1, 0.15) is 49.0 Å². The van der Waals surface area contributed by atoms with E-state index in [1.807, 2.05) is 0 Å². The molecule has 0 spiro atoms. The number of aromatic nitrogens is 1. The number of thiazole rings is 1. The second-order valence-corrected chi connectivity index (χ2v) is 7.80. The second-order valence-electron chi connectivity index (χ2n) is 4.98. The first-order valence-electron chi connectivity index (χ1n) is 6.67. The van der Waals surface area contributed by atoms with Gasteiger partial charge in [-0.2, -0.15) is 0 Å². The largest absolute Gasteiger partial charge is 0.476 e. The van der Waals surface area contributed by atoms with Crippen LogP contribution < -0.4 is 4.72 Å². The SMILES string of the molecule is O=C(O)c1ncsc1S(=O)(=O)NCCCC1CCCC1. The maximum atomic E-state index is 12.0. The van der Waals surface area contributed by atoms with Crippen molar-refractivity contribution < 1.29 is 18.3 Å². The Bertz CT molecular complexity index is 562. The summed E-state index contributed by atoms with van der Waals surface area (Å²) >= 11 is 0.826. The Morgan fingerprint density at radius 3 is 2.80 bits per heavy atom. The molecule has 1 aliphatic rings. The maximum Gasteiger partial charge on any atom is 0.356 e. The van der Waals surface area contributed by atoms with Crippen LogP contribution in [-0.2, 0) is 10.0 Å². The van der Waals surface area contributed by atoms with Gasteiger partial charge in [-0.3, -0.25) is 0 Å². The molecule has 2 N–H and O–H groups in total. The van der Waals surface area contributed by atoms with E-state index in [1.165, 1.54) is 31.2 Å². The molecule has 1 aromatic rings. The van der Waals surface area contributed by atoms with Gasteiger partial charge in [0.1, 0.15) is 0 Å². The minimum atomic E-state index is -3.76. The highest BCUT2D eigenvalue weighted by Crippen LogP contribution is 2.28. The number of rotatable bonds is 7. The van der Waals surface area contributed by atoms with E-state index in [-0.39, 0.29) is 4.21 Å². The summed E-state index contributed by atoms with van der Waals surface area (Å²) in [5, 5.41) is 8.88. The number of hydrogen-bond acceptors (Lipinski definition) is 5. The number of hydrogen-bond donors (Lipinski definition) is 2. The van der Waals surface area contributed by atoms with Crippen molar-refractivity contribution in [2.75, 3.05) is 6.54 Å². The number of carbonyl (C=O) groups is 1. The van der Waals surface area contributed by atoms with Gasteiger partial charge < -0.3 is 5.11 Å². The van der Waals surface area contributed by atoms with Gasteiger partial charge in [-0.1, -0.05) is 25.7 Å². The molecular weight excluding hydrogens is 300 g/mol. The fourth-order valence-corrected chi connectivity index (χ4v) is 4.79. The molecule has 0 unspecified atom stereocenters. The smallest absolute Gasteiger partial charge is 0.356 e. The van der Waals surface area contributed by atoms with Gasteiger partial charge in [-0.05, 0) is 18.8 Å². The highest BCUT2D eigenvalue weighted by molar-refractivity contribution is 7.91. The third-order valence-electron chi connectivity index (χ3n) is 3.54. The Kier molecular flexibility index (Phi) is 5.11. The standard InChI is InChI=1S/C12H18N2O4S2/c15-11(16)10-12(19-8-13-10)20(17,18)14-7-3-6-9-4-1-2-5-9/h8-9,14H,1-7H2,(H,15,16). The van der Waals surface area contributed by atoms with Crippen LogP contribution in [0.15, 0.2) is 9.72 Å². The molecule has 112 valence electrons. The zero-order valence-electron chi connectivity index (χ0n) is 11.0. The van der Waals surface area contributed by atoms with Gasteiger partial charge in [0.2, 0.25) is 0 Å². The van der Waals surface area contributed by atoms with Crippen molar-refractivity contribution in [3.63, 3.8) is 0 Å². The zero-order valence-corrected chi connectivity index (χ0v) is 12.7. The van der Waals surface area contributed by atoms with Crippen LogP contribution in [0.4, 0.5) is 0 Å². The number of carboxylic acid groups (broad SMARTS) is 1. The number of carboxylic acids is 1. The first-order chi connectivity index (χ1) is 9.50. The molecule has 1 aliphatic carbocycles. The van der Waals surface area contributed by atoms with Crippen LogP contribution in [-0.4, -0.2) is 31.0 Å². The third kappa shape index (κ3) is 3.77. The monoisotopic (exact) mass is 318 g/mol. The number of nitrogens with zero attached hydrogens (tertiary/aromatic N) is 1. The minimum Gasteiger partial charge on any atom is -0.476 e. The van der Waals surface area contributed by atoms with Gasteiger partial charge in [0.15, 0.2) is 9.90 Å². The summed E-state index contributed by atoms with van der Waals surface area (Å²) in [7, 11) is -3.76. The van der Waals surface area contributed by atoms with Crippen molar-refractivity contribution in [2.45, 2.75) is 42.7 Å². The van der Waals surface area contributed by atoms with Crippen LogP contribution in [0.25, 0.3) is 0 Å². The van der Waals surface area contributed by atoms with Gasteiger partial charge in [0.05, 0.1) is 5.51 Å². The summed E-state index contributed by atoms with van der Waals surface area (Å²) in [6.07, 6.45) is 6.84. The molecule has 1 heterocycles. The lowest BCUT2D eigenvalue weighted by Crippen LogP contribution is -2.26. The van der Waals surface area contributed by atoms with E-state index in [0.29, 0.717) is 6.54 Å². The Hall–Kier alpha value is -0.990. The Labute approximate surface area is 122 Å². The molecule has 0 atom stereocenters. The zero-order chi connectivity index (χ0) is 14.6. The first kappa shape index (κ1) is 15.4. The average molecular weight is 318 g/mol. The van der Waals surface area contributed by atoms with Crippen molar-refractivity contribution >= 4 is 27.3 Å². The van der Waals surface area contributed by atoms with Crippen molar-refractivity contribution in [3.8, 4) is 0 Å². The van der Waals surface area contributed by atoms with Crippen molar-refractivity contribution in [2.24, 2.45) is 5.92 Å². The Balaban J connectivity index is 1.87. The summed E-state index contributed by atoms with van der Waals surface area (Å²) in [6, 6.07) is 0. The maximum absolute atomic E-state index is 12.0. The number of sulfonamides is 1. The number of aromatic carboxylic acids is 1. The van der Waals surface area contributed by atoms with E-state index in [4.69, 9.17) is 5.11 Å². The van der Waals surface area contributed by atoms with Crippen LogP contribution in [0.2, 0.25) is 0 Å². The van der Waals surface area contributed by atoms with E-state index >= 15 is 0 Å². The van der Waals surface area contributed by atoms with Crippen LogP contribution in [0.5, 0.6) is 0 Å². The van der Waals surface area contributed by atoms with Crippen LogP contribution in [0, 0.1) is 5.92 Å². The molecule has 8 heteroatoms. The first-order valence-corrected chi connectivity index (χ1v) is 9.03. The molecular formula is C12H18N2O4S2. The number of nitrogens with one attached hydrogen (secondary N) is 1. The molecule has 0 bridgehead atoms. The molecule has 1 saturated carbocycles. The van der Waals surface area contributed by atoms with E-state index in [2.05, 4.69) is 9.71 Å². The molecule has 1 aromatic heterocycles. The summed E-state index contributed by atoms with van der Waals surface area (Å²) in [5.74, 6) is -0.602.